The van der Waals surface area contributed by atoms with Crippen molar-refractivity contribution in [2.45, 2.75) is 6.92 Å². The van der Waals surface area contributed by atoms with Gasteiger partial charge in [-0.05, 0) is 6.92 Å². The number of carbonyl (C=O) groups excluding carboxylic acids is 1. The summed E-state index contributed by atoms with van der Waals surface area (Å²) < 4.78 is 4.65. The lowest BCUT2D eigenvalue weighted by molar-refractivity contribution is -0.148. The van der Waals surface area contributed by atoms with Gasteiger partial charge in [0.25, 0.3) is 0 Å². The van der Waals surface area contributed by atoms with Crippen LogP contribution in [-0.2, 0) is 14.4 Å². The first kappa shape index (κ1) is 12.7. The number of nitriles is 1. The zero-order valence-electron chi connectivity index (χ0n) is 9.42. The first-order chi connectivity index (χ1) is 8.27. The van der Waals surface area contributed by atoms with Gasteiger partial charge in [0.2, 0.25) is 6.61 Å². The second-order valence-electron chi connectivity index (χ2n) is 3.00. The van der Waals surface area contributed by atoms with Crippen LogP contribution in [0.2, 0.25) is 0 Å². The average Bonchev–Trinajstić information content (AvgIpc) is 2.36. The van der Waals surface area contributed by atoms with Crippen molar-refractivity contribution < 1.29 is 14.4 Å². The molecule has 0 amide bonds. The van der Waals surface area contributed by atoms with Crippen molar-refractivity contribution in [3.05, 3.63) is 35.9 Å². The molecule has 1 aromatic rings. The molecule has 0 aliphatic heterocycles. The van der Waals surface area contributed by atoms with Crippen LogP contribution in [0.1, 0.15) is 12.5 Å². The van der Waals surface area contributed by atoms with Crippen molar-refractivity contribution in [3.63, 3.8) is 0 Å². The van der Waals surface area contributed by atoms with Crippen LogP contribution in [0, 0.1) is 11.3 Å². The summed E-state index contributed by atoms with van der Waals surface area (Å²) in [5.74, 6) is -0.512. The summed E-state index contributed by atoms with van der Waals surface area (Å²) >= 11 is 0. The molecular weight excluding hydrogens is 220 g/mol. The number of oxime groups is 1. The number of nitrogens with zero attached hydrogens (tertiary/aromatic N) is 2. The van der Waals surface area contributed by atoms with Crippen LogP contribution in [0.3, 0.4) is 0 Å². The minimum atomic E-state index is -0.512. The number of carbonyl (C=O) groups is 1. The highest BCUT2D eigenvalue weighted by Crippen LogP contribution is 2.01. The van der Waals surface area contributed by atoms with E-state index in [9.17, 15) is 4.79 Å². The van der Waals surface area contributed by atoms with Gasteiger partial charge >= 0.3 is 5.97 Å². The largest absolute Gasteiger partial charge is 0.463 e. The van der Waals surface area contributed by atoms with E-state index in [4.69, 9.17) is 10.1 Å². The Morgan fingerprint density at radius 2 is 2.12 bits per heavy atom. The number of ether oxygens (including phenoxy) is 1. The standard InChI is InChI=1S/C12H12N2O3/c1-2-16-12(15)9-17-14-11(8-13)10-6-4-3-5-7-10/h3-7H,2,9H2,1H3. The second kappa shape index (κ2) is 7.01. The van der Waals surface area contributed by atoms with Crippen molar-refractivity contribution in [2.24, 2.45) is 5.16 Å². The molecule has 0 atom stereocenters. The summed E-state index contributed by atoms with van der Waals surface area (Å²) in [6.45, 7) is 1.69. The summed E-state index contributed by atoms with van der Waals surface area (Å²) in [4.78, 5) is 15.7. The highest BCUT2D eigenvalue weighted by molar-refractivity contribution is 6.11. The number of esters is 1. The molecule has 17 heavy (non-hydrogen) atoms. The van der Waals surface area contributed by atoms with E-state index in [-0.39, 0.29) is 18.9 Å². The van der Waals surface area contributed by atoms with E-state index in [0.29, 0.717) is 5.56 Å². The molecule has 0 fully saturated rings. The third kappa shape index (κ3) is 4.34. The molecule has 0 saturated carbocycles. The molecule has 88 valence electrons. The smallest absolute Gasteiger partial charge is 0.347 e. The SMILES string of the molecule is CCOC(=O)CON=C(C#N)c1ccccc1. The lowest BCUT2D eigenvalue weighted by Crippen LogP contribution is -2.11. The maximum atomic E-state index is 10.9. The zero-order chi connectivity index (χ0) is 12.5. The van der Waals surface area contributed by atoms with Gasteiger partial charge in [0.05, 0.1) is 6.61 Å². The quantitative estimate of drug-likeness (QED) is 0.438. The molecule has 0 spiro atoms. The predicted octanol–water partition coefficient (Wildman–Crippen LogP) is 1.49. The normalized spacial score (nSPS) is 10.5. The molecular formula is C12H12N2O3. The van der Waals surface area contributed by atoms with Crippen LogP contribution < -0.4 is 0 Å². The van der Waals surface area contributed by atoms with Gasteiger partial charge in [-0.2, -0.15) is 5.26 Å². The Morgan fingerprint density at radius 3 is 2.71 bits per heavy atom. The second-order valence-corrected chi connectivity index (χ2v) is 3.00. The van der Waals surface area contributed by atoms with Crippen molar-refractivity contribution in [2.75, 3.05) is 13.2 Å². The Balaban J connectivity index is 2.58. The Morgan fingerprint density at radius 1 is 1.41 bits per heavy atom. The number of benzene rings is 1. The Kier molecular flexibility index (Phi) is 5.25. The minimum absolute atomic E-state index is 0.120. The van der Waals surface area contributed by atoms with Crippen LogP contribution in [0.4, 0.5) is 0 Å². The van der Waals surface area contributed by atoms with Gasteiger partial charge in [0, 0.05) is 5.56 Å². The zero-order valence-corrected chi connectivity index (χ0v) is 9.42. The number of hydrogen-bond donors (Lipinski definition) is 0. The Bertz CT molecular complexity index is 435. The van der Waals surface area contributed by atoms with E-state index in [1.165, 1.54) is 0 Å². The molecule has 0 bridgehead atoms. The van der Waals surface area contributed by atoms with Crippen molar-refractivity contribution >= 4 is 11.7 Å². The molecule has 0 aliphatic carbocycles. The Labute approximate surface area is 99.3 Å². The van der Waals surface area contributed by atoms with Crippen molar-refractivity contribution in [3.8, 4) is 6.07 Å². The monoisotopic (exact) mass is 232 g/mol. The van der Waals surface area contributed by atoms with Gasteiger partial charge in [-0.25, -0.2) is 4.79 Å². The number of hydrogen-bond acceptors (Lipinski definition) is 5. The van der Waals surface area contributed by atoms with E-state index < -0.39 is 5.97 Å². The summed E-state index contributed by atoms with van der Waals surface area (Å²) in [7, 11) is 0. The third-order valence-electron chi connectivity index (χ3n) is 1.80. The van der Waals surface area contributed by atoms with Gasteiger partial charge in [-0.1, -0.05) is 35.5 Å². The third-order valence-corrected chi connectivity index (χ3v) is 1.80. The molecule has 0 radical (unpaired) electrons. The average molecular weight is 232 g/mol. The van der Waals surface area contributed by atoms with Crippen LogP contribution in [-0.4, -0.2) is 24.9 Å². The van der Waals surface area contributed by atoms with Crippen LogP contribution in [0.25, 0.3) is 0 Å². The molecule has 1 rings (SSSR count). The minimum Gasteiger partial charge on any atom is -0.463 e. The predicted molar refractivity (Wildman–Crippen MR) is 61.2 cm³/mol. The first-order valence-corrected chi connectivity index (χ1v) is 5.09. The van der Waals surface area contributed by atoms with E-state index in [2.05, 4.69) is 9.89 Å². The lowest BCUT2D eigenvalue weighted by Gasteiger charge is -2.01. The maximum absolute atomic E-state index is 10.9. The van der Waals surface area contributed by atoms with Crippen LogP contribution >= 0.6 is 0 Å². The van der Waals surface area contributed by atoms with Crippen LogP contribution in [0.5, 0.6) is 0 Å². The Hall–Kier alpha value is -2.35. The molecule has 0 N–H and O–H groups in total. The summed E-state index contributed by atoms with van der Waals surface area (Å²) in [6, 6.07) is 10.8. The summed E-state index contributed by atoms with van der Waals surface area (Å²) in [6.07, 6.45) is 0. The van der Waals surface area contributed by atoms with Gasteiger partial charge in [0.1, 0.15) is 6.07 Å². The van der Waals surface area contributed by atoms with Crippen molar-refractivity contribution in [1.29, 1.82) is 5.26 Å². The van der Waals surface area contributed by atoms with Crippen LogP contribution in [0.15, 0.2) is 35.5 Å². The fourth-order valence-corrected chi connectivity index (χ4v) is 1.09. The fraction of sp³-hybridized carbons (Fsp3) is 0.250. The van der Waals surface area contributed by atoms with E-state index >= 15 is 0 Å². The van der Waals surface area contributed by atoms with Gasteiger partial charge in [0.15, 0.2) is 5.71 Å². The molecule has 0 heterocycles. The number of rotatable bonds is 5. The molecule has 0 aromatic heterocycles. The molecule has 1 aromatic carbocycles. The highest BCUT2D eigenvalue weighted by atomic mass is 16.7. The molecule has 5 heteroatoms. The summed E-state index contributed by atoms with van der Waals surface area (Å²) in [5.41, 5.74) is 0.758. The van der Waals surface area contributed by atoms with Gasteiger partial charge < -0.3 is 9.57 Å². The fourth-order valence-electron chi connectivity index (χ4n) is 1.09. The molecule has 5 nitrogen and oxygen atoms in total. The lowest BCUT2D eigenvalue weighted by atomic mass is 10.1. The van der Waals surface area contributed by atoms with E-state index in [0.717, 1.165) is 0 Å². The maximum Gasteiger partial charge on any atom is 0.347 e. The topological polar surface area (TPSA) is 71.7 Å². The molecule has 0 unspecified atom stereocenters. The first-order valence-electron chi connectivity index (χ1n) is 5.09. The van der Waals surface area contributed by atoms with E-state index in [1.54, 1.807) is 31.2 Å². The molecule has 0 saturated heterocycles. The van der Waals surface area contributed by atoms with E-state index in [1.807, 2.05) is 12.1 Å². The van der Waals surface area contributed by atoms with Gasteiger partial charge in [-0.15, -0.1) is 0 Å². The molecule has 0 aliphatic rings. The highest BCUT2D eigenvalue weighted by Gasteiger charge is 2.04. The van der Waals surface area contributed by atoms with Crippen molar-refractivity contribution in [1.82, 2.24) is 0 Å². The van der Waals surface area contributed by atoms with Gasteiger partial charge in [-0.3, -0.25) is 0 Å². The summed E-state index contributed by atoms with van der Waals surface area (Å²) in [5, 5.41) is 12.5.